The quantitative estimate of drug-likeness (QED) is 0.733. The minimum absolute atomic E-state index is 0.0653. The molecule has 1 fully saturated rings. The maximum atomic E-state index is 12.7. The van der Waals surface area contributed by atoms with Gasteiger partial charge < -0.3 is 10.2 Å². The minimum Gasteiger partial charge on any atom is -0.367 e. The Hall–Kier alpha value is -2.43. The maximum absolute atomic E-state index is 12.7. The van der Waals surface area contributed by atoms with E-state index in [1.54, 1.807) is 30.5 Å². The summed E-state index contributed by atoms with van der Waals surface area (Å²) in [5.74, 6) is -0.0653. The molecule has 1 saturated heterocycles. The molecule has 0 bridgehead atoms. The van der Waals surface area contributed by atoms with Crippen LogP contribution in [0, 0.1) is 0 Å². The highest BCUT2D eigenvalue weighted by molar-refractivity contribution is 6.31. The van der Waals surface area contributed by atoms with E-state index in [0.717, 1.165) is 42.8 Å². The molecule has 0 spiro atoms. The van der Waals surface area contributed by atoms with Crippen LogP contribution in [0.4, 0.5) is 5.69 Å². The van der Waals surface area contributed by atoms with Crippen LogP contribution in [0.15, 0.2) is 54.7 Å². The standard InChI is InChI=1S/C20H18ClN3O/c21-17-5-1-4-15(12-17)20(25)16-11-14-3-2-6-18(19(14)23-13-16)24-9-7-22-8-10-24/h1-6,11-13,22H,7-10H2. The van der Waals surface area contributed by atoms with Gasteiger partial charge in [0, 0.05) is 53.9 Å². The van der Waals surface area contributed by atoms with Crippen LogP contribution < -0.4 is 10.2 Å². The number of nitrogens with zero attached hydrogens (tertiary/aromatic N) is 2. The van der Waals surface area contributed by atoms with Crippen LogP contribution in [0.5, 0.6) is 0 Å². The van der Waals surface area contributed by atoms with E-state index in [4.69, 9.17) is 11.6 Å². The number of hydrogen-bond donors (Lipinski definition) is 1. The third-order valence-electron chi connectivity index (χ3n) is 4.50. The van der Waals surface area contributed by atoms with Crippen molar-refractivity contribution >= 4 is 34.0 Å². The fraction of sp³-hybridized carbons (Fsp3) is 0.200. The van der Waals surface area contributed by atoms with Crippen molar-refractivity contribution in [2.75, 3.05) is 31.1 Å². The summed E-state index contributed by atoms with van der Waals surface area (Å²) in [5.41, 5.74) is 3.21. The Labute approximate surface area is 151 Å². The van der Waals surface area contributed by atoms with Gasteiger partial charge in [0.1, 0.15) is 0 Å². The molecule has 1 N–H and O–H groups in total. The van der Waals surface area contributed by atoms with Crippen molar-refractivity contribution < 1.29 is 4.79 Å². The van der Waals surface area contributed by atoms with Crippen LogP contribution in [0.2, 0.25) is 5.02 Å². The third-order valence-corrected chi connectivity index (χ3v) is 4.73. The van der Waals surface area contributed by atoms with E-state index in [9.17, 15) is 4.79 Å². The highest BCUT2D eigenvalue weighted by Crippen LogP contribution is 2.26. The lowest BCUT2D eigenvalue weighted by Gasteiger charge is -2.30. The smallest absolute Gasteiger partial charge is 0.194 e. The molecule has 25 heavy (non-hydrogen) atoms. The molecule has 1 aliphatic heterocycles. The summed E-state index contributed by atoms with van der Waals surface area (Å²) in [5, 5.41) is 4.89. The van der Waals surface area contributed by atoms with Crippen molar-refractivity contribution in [3.63, 3.8) is 0 Å². The molecule has 0 radical (unpaired) electrons. The van der Waals surface area contributed by atoms with Gasteiger partial charge in [-0.1, -0.05) is 35.9 Å². The Balaban J connectivity index is 1.72. The monoisotopic (exact) mass is 351 g/mol. The zero-order valence-corrected chi connectivity index (χ0v) is 14.5. The van der Waals surface area contributed by atoms with E-state index in [0.29, 0.717) is 16.1 Å². The minimum atomic E-state index is -0.0653. The highest BCUT2D eigenvalue weighted by Gasteiger charge is 2.16. The molecule has 0 saturated carbocycles. The summed E-state index contributed by atoms with van der Waals surface area (Å²) < 4.78 is 0. The van der Waals surface area contributed by atoms with E-state index in [2.05, 4.69) is 21.3 Å². The van der Waals surface area contributed by atoms with E-state index >= 15 is 0 Å². The number of carbonyl (C=O) groups excluding carboxylic acids is 1. The first-order valence-electron chi connectivity index (χ1n) is 8.37. The van der Waals surface area contributed by atoms with Crippen LogP contribution in [0.25, 0.3) is 10.9 Å². The van der Waals surface area contributed by atoms with Gasteiger partial charge in [0.25, 0.3) is 0 Å². The van der Waals surface area contributed by atoms with Gasteiger partial charge in [-0.3, -0.25) is 9.78 Å². The largest absolute Gasteiger partial charge is 0.367 e. The van der Waals surface area contributed by atoms with Crippen LogP contribution in [0.3, 0.4) is 0 Å². The van der Waals surface area contributed by atoms with Crippen LogP contribution >= 0.6 is 11.6 Å². The van der Waals surface area contributed by atoms with Crippen molar-refractivity contribution in [3.8, 4) is 0 Å². The summed E-state index contributed by atoms with van der Waals surface area (Å²) in [6.45, 7) is 3.87. The van der Waals surface area contributed by atoms with E-state index < -0.39 is 0 Å². The van der Waals surface area contributed by atoms with Gasteiger partial charge in [-0.15, -0.1) is 0 Å². The molecule has 2 aromatic carbocycles. The number of ketones is 1. The number of fused-ring (bicyclic) bond motifs is 1. The highest BCUT2D eigenvalue weighted by atomic mass is 35.5. The average Bonchev–Trinajstić information content (AvgIpc) is 2.67. The van der Waals surface area contributed by atoms with Gasteiger partial charge in [-0.2, -0.15) is 0 Å². The Bertz CT molecular complexity index is 935. The second-order valence-electron chi connectivity index (χ2n) is 6.15. The van der Waals surface area contributed by atoms with Crippen LogP contribution in [-0.4, -0.2) is 36.9 Å². The molecule has 0 aliphatic carbocycles. The van der Waals surface area contributed by atoms with Gasteiger partial charge in [0.2, 0.25) is 0 Å². The Morgan fingerprint density at radius 1 is 1.04 bits per heavy atom. The number of pyridine rings is 1. The molecule has 3 aromatic rings. The second-order valence-corrected chi connectivity index (χ2v) is 6.59. The lowest BCUT2D eigenvalue weighted by molar-refractivity contribution is 0.103. The summed E-state index contributed by atoms with van der Waals surface area (Å²) in [4.78, 5) is 19.7. The number of carbonyl (C=O) groups is 1. The van der Waals surface area contributed by atoms with Gasteiger partial charge in [0.15, 0.2) is 5.78 Å². The molecule has 1 aliphatic rings. The number of anilines is 1. The molecule has 0 atom stereocenters. The summed E-state index contributed by atoms with van der Waals surface area (Å²) in [6.07, 6.45) is 1.66. The van der Waals surface area contributed by atoms with E-state index in [1.165, 1.54) is 0 Å². The normalized spacial score (nSPS) is 14.7. The van der Waals surface area contributed by atoms with Crippen molar-refractivity contribution in [2.24, 2.45) is 0 Å². The molecule has 4 nitrogen and oxygen atoms in total. The first-order chi connectivity index (χ1) is 12.2. The molecule has 4 rings (SSSR count). The summed E-state index contributed by atoms with van der Waals surface area (Å²) in [7, 11) is 0. The molecule has 1 aromatic heterocycles. The molecular weight excluding hydrogens is 334 g/mol. The zero-order chi connectivity index (χ0) is 17.2. The number of hydrogen-bond acceptors (Lipinski definition) is 4. The number of aromatic nitrogens is 1. The predicted molar refractivity (Wildman–Crippen MR) is 102 cm³/mol. The SMILES string of the molecule is O=C(c1cccc(Cl)c1)c1cnc2c(N3CCNCC3)cccc2c1. The molecule has 5 heteroatoms. The van der Waals surface area contributed by atoms with Gasteiger partial charge in [-0.05, 0) is 24.3 Å². The molecule has 0 amide bonds. The Kier molecular flexibility index (Phi) is 4.38. The summed E-state index contributed by atoms with van der Waals surface area (Å²) >= 11 is 6.00. The molecule has 0 unspecified atom stereocenters. The molecule has 126 valence electrons. The van der Waals surface area contributed by atoms with Crippen LogP contribution in [-0.2, 0) is 0 Å². The Morgan fingerprint density at radius 2 is 1.84 bits per heavy atom. The van der Waals surface area contributed by atoms with E-state index in [-0.39, 0.29) is 5.78 Å². The predicted octanol–water partition coefficient (Wildman–Crippen LogP) is 3.53. The fourth-order valence-corrected chi connectivity index (χ4v) is 3.42. The van der Waals surface area contributed by atoms with Crippen molar-refractivity contribution in [3.05, 3.63) is 70.9 Å². The van der Waals surface area contributed by atoms with Gasteiger partial charge in [0.05, 0.1) is 11.2 Å². The first kappa shape index (κ1) is 16.1. The molecular formula is C20H18ClN3O. The number of nitrogens with one attached hydrogen (secondary N) is 1. The first-order valence-corrected chi connectivity index (χ1v) is 8.75. The fourth-order valence-electron chi connectivity index (χ4n) is 3.23. The maximum Gasteiger partial charge on any atom is 0.194 e. The van der Waals surface area contributed by atoms with Crippen LogP contribution in [0.1, 0.15) is 15.9 Å². The average molecular weight is 352 g/mol. The van der Waals surface area contributed by atoms with E-state index in [1.807, 2.05) is 18.2 Å². The topological polar surface area (TPSA) is 45.2 Å². The van der Waals surface area contributed by atoms with Crippen molar-refractivity contribution in [1.29, 1.82) is 0 Å². The number of para-hydroxylation sites is 1. The number of piperazine rings is 1. The third kappa shape index (κ3) is 3.23. The lowest BCUT2D eigenvalue weighted by Crippen LogP contribution is -2.43. The second kappa shape index (κ2) is 6.82. The number of benzene rings is 2. The molecule has 2 heterocycles. The zero-order valence-electron chi connectivity index (χ0n) is 13.7. The lowest BCUT2D eigenvalue weighted by atomic mass is 10.0. The Morgan fingerprint density at radius 3 is 2.64 bits per heavy atom. The number of halogens is 1. The van der Waals surface area contributed by atoms with Gasteiger partial charge in [-0.25, -0.2) is 0 Å². The van der Waals surface area contributed by atoms with Gasteiger partial charge >= 0.3 is 0 Å². The van der Waals surface area contributed by atoms with Crippen molar-refractivity contribution in [2.45, 2.75) is 0 Å². The number of rotatable bonds is 3. The summed E-state index contributed by atoms with van der Waals surface area (Å²) in [6, 6.07) is 15.0. The van der Waals surface area contributed by atoms with Crippen molar-refractivity contribution in [1.82, 2.24) is 10.3 Å².